The van der Waals surface area contributed by atoms with Crippen LogP contribution >= 0.6 is 0 Å². The van der Waals surface area contributed by atoms with Gasteiger partial charge in [-0.3, -0.25) is 9.59 Å². The lowest BCUT2D eigenvalue weighted by Crippen LogP contribution is -2.41. The Morgan fingerprint density at radius 2 is 2.07 bits per heavy atom. The first-order valence-electron chi connectivity index (χ1n) is 11.2. The number of ketones is 1. The number of allylic oxidation sites excluding steroid dienone is 2. The summed E-state index contributed by atoms with van der Waals surface area (Å²) in [7, 11) is 1.39. The molecule has 2 unspecified atom stereocenters. The highest BCUT2D eigenvalue weighted by Crippen LogP contribution is 2.48. The van der Waals surface area contributed by atoms with Gasteiger partial charge >= 0.3 is 5.97 Å². The first kappa shape index (κ1) is 23.8. The Bertz CT molecular complexity index is 590. The van der Waals surface area contributed by atoms with Crippen molar-refractivity contribution in [3.63, 3.8) is 0 Å². The second kappa shape index (κ2) is 11.7. The van der Waals surface area contributed by atoms with Gasteiger partial charge in [0.25, 0.3) is 0 Å². The van der Waals surface area contributed by atoms with E-state index in [-0.39, 0.29) is 41.5 Å². The van der Waals surface area contributed by atoms with Crippen LogP contribution in [0.1, 0.15) is 77.6 Å². The molecule has 29 heavy (non-hydrogen) atoms. The molecule has 2 aliphatic carbocycles. The van der Waals surface area contributed by atoms with Crippen molar-refractivity contribution < 1.29 is 24.5 Å². The fourth-order valence-corrected chi connectivity index (χ4v) is 4.85. The van der Waals surface area contributed by atoms with Crippen molar-refractivity contribution in [3.05, 3.63) is 24.3 Å². The molecule has 2 aliphatic rings. The topological polar surface area (TPSA) is 83.8 Å². The van der Waals surface area contributed by atoms with Crippen LogP contribution in [0.5, 0.6) is 0 Å². The molecule has 0 heterocycles. The molecule has 4 atom stereocenters. The number of ether oxygens (including phenoxy) is 1. The van der Waals surface area contributed by atoms with Gasteiger partial charge in [-0.05, 0) is 50.4 Å². The van der Waals surface area contributed by atoms with Crippen molar-refractivity contribution in [2.24, 2.45) is 17.3 Å². The molecular formula is C24H38O5. The molecule has 2 N–H and O–H groups in total. The van der Waals surface area contributed by atoms with E-state index in [1.807, 2.05) is 24.3 Å². The Labute approximate surface area is 175 Å². The molecule has 2 saturated carbocycles. The van der Waals surface area contributed by atoms with Crippen LogP contribution in [-0.4, -0.2) is 41.3 Å². The number of aliphatic hydroxyl groups is 2. The highest BCUT2D eigenvalue weighted by atomic mass is 16.5. The van der Waals surface area contributed by atoms with Gasteiger partial charge in [0.05, 0.1) is 19.3 Å². The first-order valence-corrected chi connectivity index (χ1v) is 11.2. The van der Waals surface area contributed by atoms with E-state index in [0.29, 0.717) is 19.3 Å². The van der Waals surface area contributed by atoms with E-state index in [2.05, 4.69) is 11.7 Å². The Morgan fingerprint density at radius 3 is 2.69 bits per heavy atom. The first-order chi connectivity index (χ1) is 13.9. The zero-order chi connectivity index (χ0) is 21.3. The number of esters is 1. The van der Waals surface area contributed by atoms with E-state index < -0.39 is 6.10 Å². The molecule has 0 aromatic heterocycles. The van der Waals surface area contributed by atoms with Gasteiger partial charge in [-0.1, -0.05) is 44.1 Å². The zero-order valence-electron chi connectivity index (χ0n) is 18.0. The molecule has 0 aromatic rings. The summed E-state index contributed by atoms with van der Waals surface area (Å²) in [5, 5.41) is 21.0. The summed E-state index contributed by atoms with van der Waals surface area (Å²) in [5.41, 5.74) is 0.0789. The number of unbranched alkanes of at least 4 members (excludes halogenated alkanes) is 1. The maximum atomic E-state index is 12.3. The van der Waals surface area contributed by atoms with Crippen molar-refractivity contribution in [2.45, 2.75) is 89.8 Å². The van der Waals surface area contributed by atoms with Crippen LogP contribution in [-0.2, 0) is 14.3 Å². The van der Waals surface area contributed by atoms with Crippen LogP contribution in [0.3, 0.4) is 0 Å². The van der Waals surface area contributed by atoms with Crippen LogP contribution < -0.4 is 0 Å². The predicted octanol–water partition coefficient (Wildman–Crippen LogP) is 4.12. The van der Waals surface area contributed by atoms with Gasteiger partial charge in [0, 0.05) is 24.7 Å². The normalized spacial score (nSPS) is 27.4. The van der Waals surface area contributed by atoms with Gasteiger partial charge in [0.2, 0.25) is 0 Å². The summed E-state index contributed by atoms with van der Waals surface area (Å²) in [6.07, 6.45) is 15.8. The van der Waals surface area contributed by atoms with Crippen molar-refractivity contribution in [2.75, 3.05) is 7.11 Å². The monoisotopic (exact) mass is 406 g/mol. The van der Waals surface area contributed by atoms with Gasteiger partial charge in [-0.25, -0.2) is 0 Å². The summed E-state index contributed by atoms with van der Waals surface area (Å²) in [6.45, 7) is 2.16. The predicted molar refractivity (Wildman–Crippen MR) is 113 cm³/mol. The van der Waals surface area contributed by atoms with Gasteiger partial charge in [0.15, 0.2) is 0 Å². The molecule has 0 radical (unpaired) electrons. The lowest BCUT2D eigenvalue weighted by molar-refractivity contribution is -0.140. The Hall–Kier alpha value is -1.46. The molecule has 5 nitrogen and oxygen atoms in total. The smallest absolute Gasteiger partial charge is 0.305 e. The molecule has 5 heteroatoms. The molecule has 0 saturated heterocycles. The summed E-state index contributed by atoms with van der Waals surface area (Å²) in [4.78, 5) is 23.4. The Morgan fingerprint density at radius 1 is 1.31 bits per heavy atom. The van der Waals surface area contributed by atoms with E-state index in [1.54, 1.807) is 0 Å². The van der Waals surface area contributed by atoms with E-state index in [9.17, 15) is 19.8 Å². The third-order valence-corrected chi connectivity index (χ3v) is 6.79. The highest BCUT2D eigenvalue weighted by Gasteiger charge is 2.42. The summed E-state index contributed by atoms with van der Waals surface area (Å²) < 4.78 is 4.62. The average Bonchev–Trinajstić information content (AvgIpc) is 2.93. The largest absolute Gasteiger partial charge is 0.469 e. The molecular weight excluding hydrogens is 368 g/mol. The van der Waals surface area contributed by atoms with Crippen LogP contribution in [0.15, 0.2) is 24.3 Å². The van der Waals surface area contributed by atoms with Crippen LogP contribution in [0.25, 0.3) is 0 Å². The second-order valence-electron chi connectivity index (χ2n) is 8.74. The van der Waals surface area contributed by atoms with Gasteiger partial charge in [0.1, 0.15) is 5.78 Å². The lowest BCUT2D eigenvalue weighted by Gasteiger charge is -2.45. The fraction of sp³-hybridized carbons (Fsp3) is 0.750. The minimum Gasteiger partial charge on any atom is -0.469 e. The summed E-state index contributed by atoms with van der Waals surface area (Å²) in [5.74, 6) is -0.489. The van der Waals surface area contributed by atoms with Crippen LogP contribution in [0.2, 0.25) is 0 Å². The quantitative estimate of drug-likeness (QED) is 0.289. The maximum Gasteiger partial charge on any atom is 0.305 e. The van der Waals surface area contributed by atoms with E-state index >= 15 is 0 Å². The fourth-order valence-electron chi connectivity index (χ4n) is 4.85. The highest BCUT2D eigenvalue weighted by molar-refractivity contribution is 5.84. The van der Waals surface area contributed by atoms with Crippen LogP contribution in [0, 0.1) is 17.3 Å². The number of hydrogen-bond acceptors (Lipinski definition) is 5. The van der Waals surface area contributed by atoms with E-state index in [1.165, 1.54) is 13.5 Å². The minimum atomic E-state index is -0.637. The molecule has 0 aliphatic heterocycles. The second-order valence-corrected chi connectivity index (χ2v) is 8.74. The number of methoxy groups -OCH3 is 1. The number of aliphatic hydroxyl groups excluding tert-OH is 2. The van der Waals surface area contributed by atoms with Gasteiger partial charge < -0.3 is 14.9 Å². The summed E-state index contributed by atoms with van der Waals surface area (Å²) >= 11 is 0. The molecule has 0 spiro atoms. The Balaban J connectivity index is 1.83. The minimum absolute atomic E-state index is 0.0789. The zero-order valence-corrected chi connectivity index (χ0v) is 18.0. The standard InChI is InChI=1S/C24H38O5/c1-3-14-24(15-9-16-24)22(27)12-8-11-19-18(20(25)17-21(19)26)10-6-4-5-7-13-23(28)29-2/h4,6,8,11,18-19,21-22,26-27H,3,5,7,9-10,12-17H2,1-2H3/t18-,19-,21?,22?/m1/s1. The van der Waals surface area contributed by atoms with E-state index in [0.717, 1.165) is 38.5 Å². The van der Waals surface area contributed by atoms with Crippen LogP contribution in [0.4, 0.5) is 0 Å². The third-order valence-electron chi connectivity index (χ3n) is 6.79. The molecule has 0 bridgehead atoms. The molecule has 0 amide bonds. The number of Topliss-reactive ketones (excluding diaryl/α,β-unsaturated/α-hetero) is 1. The summed E-state index contributed by atoms with van der Waals surface area (Å²) in [6, 6.07) is 0. The number of rotatable bonds is 12. The van der Waals surface area contributed by atoms with Gasteiger partial charge in [-0.15, -0.1) is 0 Å². The third kappa shape index (κ3) is 6.51. The molecule has 2 rings (SSSR count). The Kier molecular flexibility index (Phi) is 9.57. The van der Waals surface area contributed by atoms with Crippen molar-refractivity contribution in [1.29, 1.82) is 0 Å². The molecule has 0 aromatic carbocycles. The van der Waals surface area contributed by atoms with Crippen molar-refractivity contribution >= 4 is 11.8 Å². The maximum absolute atomic E-state index is 12.3. The number of hydrogen-bond donors (Lipinski definition) is 2. The van der Waals surface area contributed by atoms with Crippen molar-refractivity contribution in [1.82, 2.24) is 0 Å². The SMILES string of the molecule is CCCC1(C(O)CC=C[C@H]2C(O)CC(=O)[C@@H]2CC=CCCCC(=O)OC)CCC1. The number of carbonyl (C=O) groups is 2. The van der Waals surface area contributed by atoms with Gasteiger partial charge in [-0.2, -0.15) is 0 Å². The van der Waals surface area contributed by atoms with E-state index in [4.69, 9.17) is 0 Å². The average molecular weight is 407 g/mol. The number of carbonyl (C=O) groups excluding carboxylic acids is 2. The van der Waals surface area contributed by atoms with Crippen molar-refractivity contribution in [3.8, 4) is 0 Å². The molecule has 164 valence electrons. The molecule has 2 fully saturated rings. The lowest BCUT2D eigenvalue weighted by atomic mass is 9.62.